The molecule has 0 radical (unpaired) electrons. The molecule has 0 rings (SSSR count). The van der Waals surface area contributed by atoms with Crippen molar-refractivity contribution in [3.8, 4) is 0 Å². The van der Waals surface area contributed by atoms with Crippen LogP contribution in [0.1, 0.15) is 81.6 Å². The minimum atomic E-state index is -0.909. The number of amides is 5. The molecule has 0 aliphatic carbocycles. The van der Waals surface area contributed by atoms with Crippen molar-refractivity contribution in [3.05, 3.63) is 0 Å². The van der Waals surface area contributed by atoms with Crippen LogP contribution in [0.5, 0.6) is 0 Å². The van der Waals surface area contributed by atoms with Gasteiger partial charge >= 0.3 is 0 Å². The lowest BCUT2D eigenvalue weighted by Gasteiger charge is -2.38. The van der Waals surface area contributed by atoms with Gasteiger partial charge in [0.1, 0.15) is 24.2 Å². The van der Waals surface area contributed by atoms with Crippen molar-refractivity contribution < 1.29 is 24.0 Å². The first-order chi connectivity index (χ1) is 17.0. The molecule has 214 valence electrons. The van der Waals surface area contributed by atoms with Crippen LogP contribution in [0.4, 0.5) is 0 Å². The summed E-state index contributed by atoms with van der Waals surface area (Å²) in [5, 5.41) is 2.85. The lowest BCUT2D eigenvalue weighted by Crippen LogP contribution is -2.61. The SMILES string of the molecule is CCCC(=O)N(C)[C@H](C)C(=O)N(CC)[C@H](C(=O)N[C@H](C(=O)N(C)C(CC(C)C)C(N)=O)C(C)C)C(C)C. The monoisotopic (exact) mass is 525 g/mol. The maximum atomic E-state index is 13.6. The molecule has 0 heterocycles. The predicted molar refractivity (Wildman–Crippen MR) is 145 cm³/mol. The maximum Gasteiger partial charge on any atom is 0.245 e. The molecule has 10 heteroatoms. The Morgan fingerprint density at radius 1 is 0.811 bits per heavy atom. The summed E-state index contributed by atoms with van der Waals surface area (Å²) in [5.74, 6) is -2.34. The van der Waals surface area contributed by atoms with E-state index in [1.165, 1.54) is 21.7 Å². The third-order valence-corrected chi connectivity index (χ3v) is 6.72. The number of carbonyl (C=O) groups is 5. The van der Waals surface area contributed by atoms with E-state index in [9.17, 15) is 24.0 Å². The Morgan fingerprint density at radius 2 is 1.35 bits per heavy atom. The number of primary amides is 1. The number of nitrogens with two attached hydrogens (primary N) is 1. The number of nitrogens with one attached hydrogen (secondary N) is 1. The summed E-state index contributed by atoms with van der Waals surface area (Å²) in [6, 6.07) is -3.30. The lowest BCUT2D eigenvalue weighted by molar-refractivity contribution is -0.150. The van der Waals surface area contributed by atoms with Crippen LogP contribution in [0.15, 0.2) is 0 Å². The van der Waals surface area contributed by atoms with Crippen LogP contribution >= 0.6 is 0 Å². The molecule has 0 aliphatic heterocycles. The molecule has 0 fully saturated rings. The van der Waals surface area contributed by atoms with Gasteiger partial charge in [-0.2, -0.15) is 0 Å². The zero-order valence-electron chi connectivity index (χ0n) is 24.8. The molecule has 0 aromatic rings. The summed E-state index contributed by atoms with van der Waals surface area (Å²) in [7, 11) is 3.11. The molecular formula is C27H51N5O5. The standard InChI is InChI=1S/C27H51N5O5/c1-12-14-21(33)30(10)19(9)26(36)32(13-2)23(18(7)8)25(35)29-22(17(5)6)27(37)31(11)20(24(28)34)15-16(3)4/h16-20,22-23H,12-15H2,1-11H3,(H2,28,34)(H,29,35)/t19-,20?,22+,23+/m1/s1. The molecule has 0 spiro atoms. The second-order valence-corrected chi connectivity index (χ2v) is 11.0. The minimum Gasteiger partial charge on any atom is -0.368 e. The fourth-order valence-corrected chi connectivity index (χ4v) is 4.34. The Morgan fingerprint density at radius 3 is 1.73 bits per heavy atom. The summed E-state index contributed by atoms with van der Waals surface area (Å²) < 4.78 is 0. The van der Waals surface area contributed by atoms with Gasteiger partial charge in [-0.05, 0) is 44.4 Å². The fourth-order valence-electron chi connectivity index (χ4n) is 4.34. The number of hydrogen-bond donors (Lipinski definition) is 2. The number of nitrogens with zero attached hydrogens (tertiary/aromatic N) is 3. The zero-order valence-corrected chi connectivity index (χ0v) is 24.8. The molecule has 0 saturated heterocycles. The normalized spacial score (nSPS) is 14.6. The van der Waals surface area contributed by atoms with Crippen LogP contribution in [0.3, 0.4) is 0 Å². The van der Waals surface area contributed by atoms with E-state index in [0.29, 0.717) is 19.3 Å². The average molecular weight is 526 g/mol. The van der Waals surface area contributed by atoms with Gasteiger partial charge < -0.3 is 25.8 Å². The first-order valence-corrected chi connectivity index (χ1v) is 13.5. The largest absolute Gasteiger partial charge is 0.368 e. The summed E-state index contributed by atoms with van der Waals surface area (Å²) in [4.78, 5) is 69.1. The van der Waals surface area contributed by atoms with E-state index in [2.05, 4.69) is 5.32 Å². The highest BCUT2D eigenvalue weighted by Crippen LogP contribution is 2.18. The van der Waals surface area contributed by atoms with Crippen molar-refractivity contribution in [2.75, 3.05) is 20.6 Å². The van der Waals surface area contributed by atoms with Crippen molar-refractivity contribution in [2.24, 2.45) is 23.5 Å². The molecule has 0 bridgehead atoms. The van der Waals surface area contributed by atoms with Crippen LogP contribution in [0.25, 0.3) is 0 Å². The predicted octanol–water partition coefficient (Wildman–Crippen LogP) is 2.01. The number of carbonyl (C=O) groups excluding carboxylic acids is 5. The van der Waals surface area contributed by atoms with Gasteiger partial charge in [0.25, 0.3) is 0 Å². The van der Waals surface area contributed by atoms with Crippen LogP contribution in [-0.4, -0.2) is 89.0 Å². The highest BCUT2D eigenvalue weighted by atomic mass is 16.2. The van der Waals surface area contributed by atoms with Crippen molar-refractivity contribution in [2.45, 2.75) is 106 Å². The highest BCUT2D eigenvalue weighted by molar-refractivity contribution is 5.95. The van der Waals surface area contributed by atoms with Crippen LogP contribution < -0.4 is 11.1 Å². The van der Waals surface area contributed by atoms with E-state index >= 15 is 0 Å². The lowest BCUT2D eigenvalue weighted by atomic mass is 9.96. The van der Waals surface area contributed by atoms with E-state index in [4.69, 9.17) is 5.73 Å². The van der Waals surface area contributed by atoms with Gasteiger partial charge in [0.05, 0.1) is 0 Å². The molecule has 0 saturated carbocycles. The first kappa shape index (κ1) is 34.4. The van der Waals surface area contributed by atoms with E-state index in [0.717, 1.165) is 0 Å². The third-order valence-electron chi connectivity index (χ3n) is 6.72. The molecular weight excluding hydrogens is 474 g/mol. The summed E-state index contributed by atoms with van der Waals surface area (Å²) in [5.41, 5.74) is 5.58. The number of hydrogen-bond acceptors (Lipinski definition) is 5. The summed E-state index contributed by atoms with van der Waals surface area (Å²) in [6.07, 6.45) is 1.42. The number of rotatable bonds is 15. The second kappa shape index (κ2) is 15.6. The first-order valence-electron chi connectivity index (χ1n) is 13.5. The average Bonchev–Trinajstić information content (AvgIpc) is 2.81. The molecule has 3 N–H and O–H groups in total. The van der Waals surface area contributed by atoms with Gasteiger partial charge in [0.2, 0.25) is 29.5 Å². The molecule has 10 nitrogen and oxygen atoms in total. The van der Waals surface area contributed by atoms with Crippen LogP contribution in [-0.2, 0) is 24.0 Å². The van der Waals surface area contributed by atoms with Crippen molar-refractivity contribution in [1.82, 2.24) is 20.0 Å². The van der Waals surface area contributed by atoms with Crippen molar-refractivity contribution in [1.29, 1.82) is 0 Å². The Labute approximate surface area is 223 Å². The summed E-state index contributed by atoms with van der Waals surface area (Å²) in [6.45, 7) is 16.8. The molecule has 1 unspecified atom stereocenters. The van der Waals surface area contributed by atoms with E-state index in [-0.39, 0.29) is 36.1 Å². The van der Waals surface area contributed by atoms with Gasteiger partial charge in [-0.15, -0.1) is 0 Å². The Kier molecular flexibility index (Phi) is 14.5. The second-order valence-electron chi connectivity index (χ2n) is 11.0. The van der Waals surface area contributed by atoms with E-state index in [1.54, 1.807) is 20.9 Å². The van der Waals surface area contributed by atoms with E-state index in [1.807, 2.05) is 48.5 Å². The Hall–Kier alpha value is -2.65. The zero-order chi connectivity index (χ0) is 29.2. The van der Waals surface area contributed by atoms with Crippen molar-refractivity contribution >= 4 is 29.5 Å². The van der Waals surface area contributed by atoms with Crippen LogP contribution in [0.2, 0.25) is 0 Å². The highest BCUT2D eigenvalue weighted by Gasteiger charge is 2.39. The minimum absolute atomic E-state index is 0.135. The van der Waals surface area contributed by atoms with Crippen molar-refractivity contribution in [3.63, 3.8) is 0 Å². The molecule has 4 atom stereocenters. The van der Waals surface area contributed by atoms with Crippen LogP contribution in [0, 0.1) is 17.8 Å². The molecule has 5 amide bonds. The third kappa shape index (κ3) is 9.63. The molecule has 0 aliphatic rings. The van der Waals surface area contributed by atoms with E-state index < -0.39 is 41.9 Å². The quantitative estimate of drug-likeness (QED) is 0.337. The molecule has 0 aromatic carbocycles. The Bertz CT molecular complexity index is 798. The van der Waals surface area contributed by atoms with Gasteiger partial charge in [0, 0.05) is 27.1 Å². The summed E-state index contributed by atoms with van der Waals surface area (Å²) >= 11 is 0. The smallest absolute Gasteiger partial charge is 0.245 e. The fraction of sp³-hybridized carbons (Fsp3) is 0.815. The van der Waals surface area contributed by atoms with Gasteiger partial charge in [-0.3, -0.25) is 24.0 Å². The van der Waals surface area contributed by atoms with Gasteiger partial charge in [0.15, 0.2) is 0 Å². The molecule has 0 aromatic heterocycles. The van der Waals surface area contributed by atoms with Gasteiger partial charge in [-0.1, -0.05) is 48.5 Å². The topological polar surface area (TPSA) is 133 Å². The molecule has 37 heavy (non-hydrogen) atoms. The maximum absolute atomic E-state index is 13.6. The number of likely N-dealkylation sites (N-methyl/N-ethyl adjacent to an activating group) is 3. The Balaban J connectivity index is 5.99. The van der Waals surface area contributed by atoms with Gasteiger partial charge in [-0.25, -0.2) is 0 Å².